The third-order valence-electron chi connectivity index (χ3n) is 6.21. The molecule has 0 N–H and O–H groups in total. The van der Waals surface area contributed by atoms with E-state index in [-0.39, 0.29) is 5.56 Å². The van der Waals surface area contributed by atoms with E-state index < -0.39 is 0 Å². The van der Waals surface area contributed by atoms with Crippen molar-refractivity contribution in [3.05, 3.63) is 90.5 Å². The second-order valence-electron chi connectivity index (χ2n) is 8.42. The van der Waals surface area contributed by atoms with Gasteiger partial charge in [0.25, 0.3) is 5.56 Å². The SMILES string of the molecule is O=c1c2c3c(sc2n2c(SCc4ccc(Cl)c(Cl)c4)nnc2n1Cc1ccccc1)CCCC3. The Kier molecular flexibility index (Phi) is 5.89. The highest BCUT2D eigenvalue weighted by atomic mass is 35.5. The Bertz CT molecular complexity index is 1590. The van der Waals surface area contributed by atoms with Crippen LogP contribution < -0.4 is 5.56 Å². The van der Waals surface area contributed by atoms with E-state index in [4.69, 9.17) is 23.2 Å². The summed E-state index contributed by atoms with van der Waals surface area (Å²) in [6, 6.07) is 15.7. The number of aromatic nitrogens is 4. The topological polar surface area (TPSA) is 52.2 Å². The van der Waals surface area contributed by atoms with Gasteiger partial charge in [-0.3, -0.25) is 9.36 Å². The van der Waals surface area contributed by atoms with Gasteiger partial charge in [0.1, 0.15) is 4.83 Å². The van der Waals surface area contributed by atoms with Crippen LogP contribution in [-0.4, -0.2) is 19.2 Å². The zero-order valence-electron chi connectivity index (χ0n) is 18.1. The Labute approximate surface area is 214 Å². The lowest BCUT2D eigenvalue weighted by Gasteiger charge is -2.12. The first-order chi connectivity index (χ1) is 16.6. The van der Waals surface area contributed by atoms with E-state index in [1.165, 1.54) is 16.9 Å². The van der Waals surface area contributed by atoms with Crippen LogP contribution in [0.1, 0.15) is 34.4 Å². The predicted octanol–water partition coefficient (Wildman–Crippen LogP) is 6.63. The number of benzene rings is 2. The molecule has 1 aliphatic carbocycles. The van der Waals surface area contributed by atoms with Gasteiger partial charge in [-0.1, -0.05) is 71.4 Å². The molecule has 0 saturated heterocycles. The Morgan fingerprint density at radius 1 is 0.971 bits per heavy atom. The Balaban J connectivity index is 1.51. The molecule has 2 aromatic carbocycles. The lowest BCUT2D eigenvalue weighted by atomic mass is 9.97. The van der Waals surface area contributed by atoms with Crippen LogP contribution in [0.3, 0.4) is 0 Å². The number of halogens is 2. The highest BCUT2D eigenvalue weighted by molar-refractivity contribution is 7.98. The van der Waals surface area contributed by atoms with Gasteiger partial charge in [0.15, 0.2) is 5.16 Å². The maximum Gasteiger partial charge on any atom is 0.264 e. The number of thiophene rings is 1. The van der Waals surface area contributed by atoms with Crippen molar-refractivity contribution in [2.24, 2.45) is 0 Å². The van der Waals surface area contributed by atoms with E-state index in [0.29, 0.717) is 28.1 Å². The Morgan fingerprint density at radius 2 is 1.79 bits per heavy atom. The van der Waals surface area contributed by atoms with E-state index >= 15 is 0 Å². The van der Waals surface area contributed by atoms with Gasteiger partial charge in [-0.05, 0) is 54.5 Å². The van der Waals surface area contributed by atoms with Gasteiger partial charge < -0.3 is 0 Å². The molecule has 6 rings (SSSR count). The number of rotatable bonds is 5. The largest absolute Gasteiger partial charge is 0.272 e. The molecular weight excluding hydrogens is 507 g/mol. The first-order valence-electron chi connectivity index (χ1n) is 11.1. The van der Waals surface area contributed by atoms with Crippen molar-refractivity contribution in [3.63, 3.8) is 0 Å². The van der Waals surface area contributed by atoms with E-state index in [9.17, 15) is 4.79 Å². The van der Waals surface area contributed by atoms with Gasteiger partial charge in [0.2, 0.25) is 5.78 Å². The van der Waals surface area contributed by atoms with Gasteiger partial charge in [-0.25, -0.2) is 4.40 Å². The second-order valence-corrected chi connectivity index (χ2v) is 11.3. The molecule has 5 aromatic rings. The van der Waals surface area contributed by atoms with Gasteiger partial charge in [-0.15, -0.1) is 21.5 Å². The predicted molar refractivity (Wildman–Crippen MR) is 141 cm³/mol. The van der Waals surface area contributed by atoms with Crippen molar-refractivity contribution in [1.29, 1.82) is 0 Å². The molecular formula is C25H20Cl2N4OS2. The molecule has 0 spiro atoms. The Morgan fingerprint density at radius 3 is 2.62 bits per heavy atom. The summed E-state index contributed by atoms with van der Waals surface area (Å²) in [7, 11) is 0. The third kappa shape index (κ3) is 3.85. The highest BCUT2D eigenvalue weighted by Gasteiger charge is 2.25. The van der Waals surface area contributed by atoms with E-state index in [2.05, 4.69) is 14.6 Å². The monoisotopic (exact) mass is 526 g/mol. The quantitative estimate of drug-likeness (QED) is 0.241. The number of fused-ring (bicyclic) bond motifs is 5. The number of nitrogens with zero attached hydrogens (tertiary/aromatic N) is 4. The summed E-state index contributed by atoms with van der Waals surface area (Å²) in [6.07, 6.45) is 4.27. The summed E-state index contributed by atoms with van der Waals surface area (Å²) in [5.41, 5.74) is 3.35. The van der Waals surface area contributed by atoms with Crippen molar-refractivity contribution in [2.75, 3.05) is 0 Å². The van der Waals surface area contributed by atoms with Crippen molar-refractivity contribution in [3.8, 4) is 0 Å². The maximum absolute atomic E-state index is 13.8. The van der Waals surface area contributed by atoms with Crippen LogP contribution in [0.5, 0.6) is 0 Å². The average molecular weight is 528 g/mol. The van der Waals surface area contributed by atoms with Gasteiger partial charge >= 0.3 is 0 Å². The normalized spacial score (nSPS) is 13.6. The van der Waals surface area contributed by atoms with Crippen molar-refractivity contribution < 1.29 is 0 Å². The minimum Gasteiger partial charge on any atom is -0.272 e. The Hall–Kier alpha value is -2.32. The first kappa shape index (κ1) is 22.2. The van der Waals surface area contributed by atoms with Crippen LogP contribution in [0.4, 0.5) is 0 Å². The molecule has 0 radical (unpaired) electrons. The number of thioether (sulfide) groups is 1. The van der Waals surface area contributed by atoms with E-state index in [1.807, 2.05) is 48.5 Å². The molecule has 3 aromatic heterocycles. The summed E-state index contributed by atoms with van der Waals surface area (Å²) in [5.74, 6) is 1.25. The zero-order chi connectivity index (χ0) is 23.2. The summed E-state index contributed by atoms with van der Waals surface area (Å²) in [6.45, 7) is 0.458. The lowest BCUT2D eigenvalue weighted by molar-refractivity contribution is 0.698. The van der Waals surface area contributed by atoms with E-state index in [0.717, 1.165) is 45.8 Å². The number of aryl methyl sites for hydroxylation is 2. The third-order valence-corrected chi connectivity index (χ3v) is 9.22. The molecule has 3 heterocycles. The molecule has 0 amide bonds. The average Bonchev–Trinajstić information content (AvgIpc) is 3.45. The fraction of sp³-hybridized carbons (Fsp3) is 0.240. The van der Waals surface area contributed by atoms with Gasteiger partial charge in [-0.2, -0.15) is 0 Å². The smallest absolute Gasteiger partial charge is 0.264 e. The molecule has 9 heteroatoms. The minimum absolute atomic E-state index is 0.0270. The van der Waals surface area contributed by atoms with Crippen molar-refractivity contribution in [1.82, 2.24) is 19.2 Å². The van der Waals surface area contributed by atoms with Crippen molar-refractivity contribution >= 4 is 62.3 Å². The molecule has 0 fully saturated rings. The van der Waals surface area contributed by atoms with Gasteiger partial charge in [0, 0.05) is 10.6 Å². The minimum atomic E-state index is 0.0270. The fourth-order valence-corrected chi connectivity index (χ4v) is 7.18. The molecule has 0 aliphatic heterocycles. The molecule has 34 heavy (non-hydrogen) atoms. The maximum atomic E-state index is 13.8. The first-order valence-corrected chi connectivity index (χ1v) is 13.7. The molecule has 0 saturated carbocycles. The van der Waals surface area contributed by atoms with Crippen LogP contribution in [0.2, 0.25) is 10.0 Å². The summed E-state index contributed by atoms with van der Waals surface area (Å²) in [4.78, 5) is 16.1. The summed E-state index contributed by atoms with van der Waals surface area (Å²) >= 11 is 15.6. The molecule has 1 aliphatic rings. The molecule has 0 atom stereocenters. The molecule has 172 valence electrons. The van der Waals surface area contributed by atoms with Crippen LogP contribution in [0.15, 0.2) is 58.5 Å². The number of hydrogen-bond donors (Lipinski definition) is 0. The molecule has 0 bridgehead atoms. The van der Waals surface area contributed by atoms with Crippen LogP contribution in [0.25, 0.3) is 16.0 Å². The standard InChI is InChI=1S/C25H20Cl2N4OS2/c26-18-11-10-16(12-19(18)27)14-33-25-29-28-24-30(13-15-6-2-1-3-7-15)22(32)21-17-8-4-5-9-20(17)34-23(21)31(24)25/h1-3,6-7,10-12H,4-5,8-9,13-14H2. The second kappa shape index (κ2) is 9.04. The van der Waals surface area contributed by atoms with Crippen LogP contribution in [-0.2, 0) is 25.1 Å². The van der Waals surface area contributed by atoms with Crippen LogP contribution >= 0.6 is 46.3 Å². The number of hydrogen-bond acceptors (Lipinski definition) is 5. The summed E-state index contributed by atoms with van der Waals surface area (Å²) in [5, 5.41) is 11.7. The summed E-state index contributed by atoms with van der Waals surface area (Å²) < 4.78 is 3.85. The lowest BCUT2D eigenvalue weighted by Crippen LogP contribution is -2.24. The molecule has 0 unspecified atom stereocenters. The highest BCUT2D eigenvalue weighted by Crippen LogP contribution is 2.37. The zero-order valence-corrected chi connectivity index (χ0v) is 21.3. The van der Waals surface area contributed by atoms with Crippen molar-refractivity contribution in [2.45, 2.75) is 43.1 Å². The van der Waals surface area contributed by atoms with E-state index in [1.54, 1.807) is 27.7 Å². The van der Waals surface area contributed by atoms with Gasteiger partial charge in [0.05, 0.1) is 22.0 Å². The molecule has 5 nitrogen and oxygen atoms in total. The fourth-order valence-electron chi connectivity index (χ4n) is 4.55. The van der Waals surface area contributed by atoms with Crippen LogP contribution in [0, 0.1) is 0 Å².